The van der Waals surface area contributed by atoms with Crippen molar-refractivity contribution in [3.05, 3.63) is 53.9 Å². The number of hydrogen-bond donors (Lipinski definition) is 1. The van der Waals surface area contributed by atoms with Crippen LogP contribution in [0, 0.1) is 6.92 Å². The number of hydrogen-bond acceptors (Lipinski definition) is 5. The van der Waals surface area contributed by atoms with Gasteiger partial charge in [-0.1, -0.05) is 38.3 Å². The van der Waals surface area contributed by atoms with Crippen LogP contribution in [0.25, 0.3) is 11.6 Å². The molecule has 7 heteroatoms. The van der Waals surface area contributed by atoms with Gasteiger partial charge in [0.05, 0.1) is 18.3 Å². The predicted molar refractivity (Wildman–Crippen MR) is 139 cm³/mol. The Bertz CT molecular complexity index is 1230. The van der Waals surface area contributed by atoms with Crippen molar-refractivity contribution in [3.8, 4) is 0 Å². The molecule has 1 N–H and O–H groups in total. The number of fused-ring (bicyclic) bond motifs is 4. The van der Waals surface area contributed by atoms with Crippen LogP contribution in [0.2, 0.25) is 0 Å². The Kier molecular flexibility index (Phi) is 5.58. The first kappa shape index (κ1) is 22.3. The fourth-order valence-electron chi connectivity index (χ4n) is 6.64. The molecule has 1 unspecified atom stereocenters. The highest BCUT2D eigenvalue weighted by atomic mass is 16.2. The van der Waals surface area contributed by atoms with E-state index >= 15 is 0 Å². The molecule has 182 valence electrons. The van der Waals surface area contributed by atoms with E-state index in [-0.39, 0.29) is 11.4 Å². The minimum atomic E-state index is -0.168. The lowest BCUT2D eigenvalue weighted by Gasteiger charge is -2.39. The summed E-state index contributed by atoms with van der Waals surface area (Å²) in [5, 5.41) is 9.95. The molecule has 6 rings (SSSR count). The summed E-state index contributed by atoms with van der Waals surface area (Å²) in [6, 6.07) is 0. The van der Waals surface area contributed by atoms with Crippen LogP contribution >= 0.6 is 0 Å². The lowest BCUT2D eigenvalue weighted by atomic mass is 9.84. The summed E-state index contributed by atoms with van der Waals surface area (Å²) in [5.74, 6) is 0.410. The third-order valence-electron chi connectivity index (χ3n) is 8.37. The van der Waals surface area contributed by atoms with Gasteiger partial charge in [-0.15, -0.1) is 0 Å². The first-order valence-electron chi connectivity index (χ1n) is 13.1. The molecule has 0 aromatic carbocycles. The number of amides is 1. The molecule has 1 spiro atoms. The summed E-state index contributed by atoms with van der Waals surface area (Å²) in [4.78, 5) is 22.0. The Morgan fingerprint density at radius 2 is 2.03 bits per heavy atom. The van der Waals surface area contributed by atoms with E-state index in [0.29, 0.717) is 36.0 Å². The van der Waals surface area contributed by atoms with Gasteiger partial charge >= 0.3 is 0 Å². The van der Waals surface area contributed by atoms with Crippen molar-refractivity contribution in [2.24, 2.45) is 5.10 Å². The van der Waals surface area contributed by atoms with Crippen molar-refractivity contribution in [1.82, 2.24) is 19.9 Å². The number of nitrogens with zero attached hydrogens (tertiary/aromatic N) is 5. The Hall–Kier alpha value is -3.22. The number of allylic oxidation sites excluding steroid dienone is 1. The third-order valence-corrected chi connectivity index (χ3v) is 8.37. The van der Waals surface area contributed by atoms with E-state index in [1.165, 1.54) is 43.3 Å². The zero-order valence-corrected chi connectivity index (χ0v) is 20.6. The molecule has 1 saturated carbocycles. The van der Waals surface area contributed by atoms with Crippen LogP contribution in [0.5, 0.6) is 0 Å². The van der Waals surface area contributed by atoms with Crippen LogP contribution in [0.4, 0.5) is 5.69 Å². The summed E-state index contributed by atoms with van der Waals surface area (Å²) in [7, 11) is 0. The summed E-state index contributed by atoms with van der Waals surface area (Å²) in [5.41, 5.74) is 6.67. The van der Waals surface area contributed by atoms with Crippen molar-refractivity contribution in [3.63, 3.8) is 0 Å². The minimum Gasteiger partial charge on any atom is -0.351 e. The van der Waals surface area contributed by atoms with Crippen LogP contribution in [0.15, 0.2) is 36.5 Å². The Balaban J connectivity index is 1.50. The second-order valence-electron chi connectivity index (χ2n) is 10.6. The molecular formula is C28H34N6O. The molecule has 1 atom stereocenters. The normalized spacial score (nSPS) is 23.7. The van der Waals surface area contributed by atoms with E-state index in [1.807, 2.05) is 5.01 Å². The highest BCUT2D eigenvalue weighted by Gasteiger charge is 2.42. The lowest BCUT2D eigenvalue weighted by Crippen LogP contribution is -2.45. The molecule has 1 amide bonds. The maximum absolute atomic E-state index is 13.2. The molecule has 7 nitrogen and oxygen atoms in total. The smallest absolute Gasteiger partial charge is 0.272 e. The average molecular weight is 471 g/mol. The Morgan fingerprint density at radius 1 is 1.17 bits per heavy atom. The van der Waals surface area contributed by atoms with Crippen LogP contribution in [-0.2, 0) is 10.3 Å². The highest BCUT2D eigenvalue weighted by molar-refractivity contribution is 6.56. The molecule has 6 bridgehead atoms. The van der Waals surface area contributed by atoms with Gasteiger partial charge in [-0.25, -0.2) is 9.97 Å². The Morgan fingerprint density at radius 3 is 2.89 bits per heavy atom. The van der Waals surface area contributed by atoms with Gasteiger partial charge in [0.15, 0.2) is 5.71 Å². The quantitative estimate of drug-likeness (QED) is 0.592. The number of hydrazone groups is 1. The predicted octanol–water partition coefficient (Wildman–Crippen LogP) is 4.94. The first-order valence-corrected chi connectivity index (χ1v) is 13.1. The van der Waals surface area contributed by atoms with E-state index in [9.17, 15) is 4.79 Å². The number of aromatic nitrogens is 3. The largest absolute Gasteiger partial charge is 0.351 e. The van der Waals surface area contributed by atoms with Crippen LogP contribution in [0.1, 0.15) is 86.2 Å². The van der Waals surface area contributed by atoms with Gasteiger partial charge in [0.25, 0.3) is 5.91 Å². The summed E-state index contributed by atoms with van der Waals surface area (Å²) in [6.07, 6.45) is 20.6. The number of carbonyl (C=O) groups excluding carboxylic acids is 1. The summed E-state index contributed by atoms with van der Waals surface area (Å²) in [6.45, 7) is 7.80. The second kappa shape index (κ2) is 8.77. The number of anilines is 1. The van der Waals surface area contributed by atoms with Gasteiger partial charge in [-0.05, 0) is 62.1 Å². The van der Waals surface area contributed by atoms with Gasteiger partial charge in [0.1, 0.15) is 17.7 Å². The van der Waals surface area contributed by atoms with Crippen molar-refractivity contribution >= 4 is 29.0 Å². The number of carbonyl (C=O) groups is 1. The van der Waals surface area contributed by atoms with E-state index in [2.05, 4.69) is 51.7 Å². The molecule has 2 aromatic rings. The standard InChI is InChI=1S/C28H34N6O/c1-19-16-33-22-11-8-10-21(24(19)22)9-4-3-7-14-30-27(35)26-20(2)25-23(15-29-18-31-25)34(32-26)17-28(33)12-5-6-13-28/h8,11,15-16,18,21H,2-7,9-10,12-14,17H2,1H3,(H,30,35). The second-order valence-corrected chi connectivity index (χ2v) is 10.6. The van der Waals surface area contributed by atoms with E-state index in [0.717, 1.165) is 37.8 Å². The van der Waals surface area contributed by atoms with Gasteiger partial charge in [0, 0.05) is 24.0 Å². The van der Waals surface area contributed by atoms with Crippen LogP contribution in [0.3, 0.4) is 0 Å². The average Bonchev–Trinajstić information content (AvgIpc) is 3.48. The SMILES string of the molecule is C=C1C2=NN(CC3(CCCC3)n3cc(C)c4c3C=CCC4CCCCCNC2=O)c2cncnc21. The molecule has 2 aliphatic heterocycles. The van der Waals surface area contributed by atoms with Crippen LogP contribution < -0.4 is 10.3 Å². The number of nitrogens with one attached hydrogen (secondary N) is 1. The molecule has 0 radical (unpaired) electrons. The molecule has 2 aromatic heterocycles. The molecule has 35 heavy (non-hydrogen) atoms. The van der Waals surface area contributed by atoms with Gasteiger partial charge in [-0.2, -0.15) is 5.10 Å². The summed E-state index contributed by atoms with van der Waals surface area (Å²) >= 11 is 0. The van der Waals surface area contributed by atoms with Crippen molar-refractivity contribution in [2.45, 2.75) is 76.2 Å². The van der Waals surface area contributed by atoms with Crippen molar-refractivity contribution in [2.75, 3.05) is 18.1 Å². The van der Waals surface area contributed by atoms with Crippen molar-refractivity contribution < 1.29 is 4.79 Å². The first-order chi connectivity index (χ1) is 17.1. The number of aryl methyl sites for hydroxylation is 1. The maximum atomic E-state index is 13.2. The monoisotopic (exact) mass is 470 g/mol. The molecule has 4 aliphatic rings. The molecule has 2 aliphatic carbocycles. The molecule has 0 saturated heterocycles. The van der Waals surface area contributed by atoms with Gasteiger partial charge in [0.2, 0.25) is 0 Å². The fraction of sp³-hybridized carbons (Fsp3) is 0.500. The van der Waals surface area contributed by atoms with Crippen LogP contribution in [-0.4, -0.2) is 39.2 Å². The maximum Gasteiger partial charge on any atom is 0.272 e. The third kappa shape index (κ3) is 3.72. The van der Waals surface area contributed by atoms with Gasteiger partial charge in [-0.3, -0.25) is 9.80 Å². The summed E-state index contributed by atoms with van der Waals surface area (Å²) < 4.78 is 2.56. The van der Waals surface area contributed by atoms with Gasteiger partial charge < -0.3 is 9.88 Å². The topological polar surface area (TPSA) is 75.4 Å². The molecule has 4 heterocycles. The molecular weight excluding hydrogens is 436 g/mol. The van der Waals surface area contributed by atoms with E-state index < -0.39 is 0 Å². The van der Waals surface area contributed by atoms with E-state index in [1.54, 1.807) is 11.8 Å². The van der Waals surface area contributed by atoms with E-state index in [4.69, 9.17) is 5.10 Å². The Labute approximate surface area is 207 Å². The fourth-order valence-corrected chi connectivity index (χ4v) is 6.64. The molecule has 1 fully saturated rings. The van der Waals surface area contributed by atoms with Crippen molar-refractivity contribution in [1.29, 1.82) is 0 Å². The highest BCUT2D eigenvalue weighted by Crippen LogP contribution is 2.45. The lowest BCUT2D eigenvalue weighted by molar-refractivity contribution is -0.114. The zero-order valence-electron chi connectivity index (χ0n) is 20.6. The number of rotatable bonds is 0. The minimum absolute atomic E-state index is 0.0987. The zero-order chi connectivity index (χ0) is 24.0.